The molecule has 0 bridgehead atoms. The number of aliphatic hydroxyl groups is 1. The first kappa shape index (κ1) is 15.0. The van der Waals surface area contributed by atoms with Crippen LogP contribution >= 0.6 is 0 Å². The molecule has 0 aromatic heterocycles. The van der Waals surface area contributed by atoms with Gasteiger partial charge in [-0.05, 0) is 42.8 Å². The van der Waals surface area contributed by atoms with E-state index in [0.29, 0.717) is 11.3 Å². The van der Waals surface area contributed by atoms with Gasteiger partial charge in [-0.2, -0.15) is 0 Å². The average Bonchev–Trinajstić information content (AvgIpc) is 2.46. The predicted molar refractivity (Wildman–Crippen MR) is 74.8 cm³/mol. The smallest absolute Gasteiger partial charge is 0.335 e. The minimum absolute atomic E-state index is 0.199. The summed E-state index contributed by atoms with van der Waals surface area (Å²) in [7, 11) is 0. The van der Waals surface area contributed by atoms with Gasteiger partial charge in [0.15, 0.2) is 0 Å². The van der Waals surface area contributed by atoms with Gasteiger partial charge in [-0.15, -0.1) is 0 Å². The molecule has 2 aromatic carbocycles. The SMILES string of the molecule is CC(O)c1cc(F)ccc1OCc1ccc(C(=O)O)cc1. The number of hydrogen-bond acceptors (Lipinski definition) is 3. The van der Waals surface area contributed by atoms with Crippen molar-refractivity contribution < 1.29 is 24.1 Å². The minimum atomic E-state index is -0.989. The summed E-state index contributed by atoms with van der Waals surface area (Å²) in [6, 6.07) is 10.2. The molecule has 4 nitrogen and oxygen atoms in total. The number of hydrogen-bond donors (Lipinski definition) is 2. The first-order valence-corrected chi connectivity index (χ1v) is 6.40. The highest BCUT2D eigenvalue weighted by atomic mass is 19.1. The van der Waals surface area contributed by atoms with Crippen molar-refractivity contribution in [2.75, 3.05) is 0 Å². The Balaban J connectivity index is 2.11. The second-order valence-electron chi connectivity index (χ2n) is 4.65. The summed E-state index contributed by atoms with van der Waals surface area (Å²) in [6.07, 6.45) is -0.843. The molecule has 0 heterocycles. The van der Waals surface area contributed by atoms with Crippen LogP contribution in [0.1, 0.15) is 34.5 Å². The summed E-state index contributed by atoms with van der Waals surface area (Å²) < 4.78 is 18.7. The van der Waals surface area contributed by atoms with Crippen molar-refractivity contribution in [3.05, 3.63) is 65.0 Å². The zero-order valence-corrected chi connectivity index (χ0v) is 11.4. The third-order valence-electron chi connectivity index (χ3n) is 3.02. The Labute approximate surface area is 121 Å². The van der Waals surface area contributed by atoms with E-state index in [1.54, 1.807) is 12.1 Å². The summed E-state index contributed by atoms with van der Waals surface area (Å²) >= 11 is 0. The highest BCUT2D eigenvalue weighted by Crippen LogP contribution is 2.26. The number of benzene rings is 2. The molecule has 0 aliphatic carbocycles. The zero-order valence-electron chi connectivity index (χ0n) is 11.4. The third kappa shape index (κ3) is 3.79. The summed E-state index contributed by atoms with van der Waals surface area (Å²) in [5.74, 6) is -1.03. The van der Waals surface area contributed by atoms with Crippen LogP contribution < -0.4 is 4.74 Å². The highest BCUT2D eigenvalue weighted by Gasteiger charge is 2.11. The van der Waals surface area contributed by atoms with Crippen molar-refractivity contribution in [1.82, 2.24) is 0 Å². The van der Waals surface area contributed by atoms with Crippen LogP contribution in [0.4, 0.5) is 4.39 Å². The molecule has 5 heteroatoms. The Morgan fingerprint density at radius 2 is 1.90 bits per heavy atom. The fourth-order valence-electron chi connectivity index (χ4n) is 1.88. The summed E-state index contributed by atoms with van der Waals surface area (Å²) in [6.45, 7) is 1.73. The lowest BCUT2D eigenvalue weighted by Crippen LogP contribution is -2.02. The Bertz CT molecular complexity index is 635. The molecule has 0 radical (unpaired) electrons. The third-order valence-corrected chi connectivity index (χ3v) is 3.02. The average molecular weight is 290 g/mol. The fraction of sp³-hybridized carbons (Fsp3) is 0.188. The number of halogens is 1. The van der Waals surface area contributed by atoms with Crippen molar-refractivity contribution in [3.63, 3.8) is 0 Å². The maximum absolute atomic E-state index is 13.2. The van der Waals surface area contributed by atoms with Gasteiger partial charge in [-0.25, -0.2) is 9.18 Å². The fourth-order valence-corrected chi connectivity index (χ4v) is 1.88. The number of aromatic carboxylic acids is 1. The van der Waals surface area contributed by atoms with E-state index in [-0.39, 0.29) is 12.2 Å². The molecule has 0 aliphatic rings. The highest BCUT2D eigenvalue weighted by molar-refractivity contribution is 5.87. The second kappa shape index (κ2) is 6.37. The monoisotopic (exact) mass is 290 g/mol. The van der Waals surface area contributed by atoms with Gasteiger partial charge in [0.05, 0.1) is 11.7 Å². The molecule has 0 saturated carbocycles. The van der Waals surface area contributed by atoms with Crippen LogP contribution in [-0.2, 0) is 6.61 Å². The first-order valence-electron chi connectivity index (χ1n) is 6.40. The van der Waals surface area contributed by atoms with Gasteiger partial charge < -0.3 is 14.9 Å². The van der Waals surface area contributed by atoms with Crippen LogP contribution in [0.5, 0.6) is 5.75 Å². The number of carboxylic acid groups (broad SMARTS) is 1. The predicted octanol–water partition coefficient (Wildman–Crippen LogP) is 3.16. The molecule has 0 fully saturated rings. The molecule has 0 aliphatic heterocycles. The van der Waals surface area contributed by atoms with Gasteiger partial charge in [0.2, 0.25) is 0 Å². The maximum atomic E-state index is 13.2. The van der Waals surface area contributed by atoms with Crippen molar-refractivity contribution >= 4 is 5.97 Å². The molecule has 1 unspecified atom stereocenters. The lowest BCUT2D eigenvalue weighted by atomic mass is 10.1. The van der Waals surface area contributed by atoms with Crippen LogP contribution in [0.3, 0.4) is 0 Å². The molecule has 0 amide bonds. The van der Waals surface area contributed by atoms with Gasteiger partial charge in [0.25, 0.3) is 0 Å². The maximum Gasteiger partial charge on any atom is 0.335 e. The van der Waals surface area contributed by atoms with Crippen LogP contribution in [0.2, 0.25) is 0 Å². The van der Waals surface area contributed by atoms with Gasteiger partial charge in [0.1, 0.15) is 18.2 Å². The standard InChI is InChI=1S/C16H15FO4/c1-10(18)14-8-13(17)6-7-15(14)21-9-11-2-4-12(5-3-11)16(19)20/h2-8,10,18H,9H2,1H3,(H,19,20). The van der Waals surface area contributed by atoms with Crippen LogP contribution in [0.15, 0.2) is 42.5 Å². The molecule has 110 valence electrons. The molecule has 2 aromatic rings. The summed E-state index contributed by atoms with van der Waals surface area (Å²) in [5.41, 5.74) is 1.35. The minimum Gasteiger partial charge on any atom is -0.489 e. The molecule has 1 atom stereocenters. The Kier molecular flexibility index (Phi) is 4.55. The van der Waals surface area contributed by atoms with Crippen molar-refractivity contribution in [2.45, 2.75) is 19.6 Å². The molecule has 2 rings (SSSR count). The first-order chi connectivity index (χ1) is 9.97. The lowest BCUT2D eigenvalue weighted by Gasteiger charge is -2.13. The molecular formula is C16H15FO4. The Morgan fingerprint density at radius 1 is 1.24 bits per heavy atom. The topological polar surface area (TPSA) is 66.8 Å². The van der Waals surface area contributed by atoms with E-state index in [2.05, 4.69) is 0 Å². The zero-order chi connectivity index (χ0) is 15.4. The molecule has 0 spiro atoms. The number of aliphatic hydroxyl groups excluding tert-OH is 1. The largest absolute Gasteiger partial charge is 0.489 e. The van der Waals surface area contributed by atoms with E-state index in [0.717, 1.165) is 5.56 Å². The van der Waals surface area contributed by atoms with Crippen molar-refractivity contribution in [3.8, 4) is 5.75 Å². The van der Waals surface area contributed by atoms with E-state index in [4.69, 9.17) is 9.84 Å². The number of carboxylic acids is 1. The van der Waals surface area contributed by atoms with Crippen LogP contribution in [0, 0.1) is 5.82 Å². The number of carbonyl (C=O) groups is 1. The van der Waals surface area contributed by atoms with Crippen LogP contribution in [0.25, 0.3) is 0 Å². The van der Waals surface area contributed by atoms with E-state index >= 15 is 0 Å². The quantitative estimate of drug-likeness (QED) is 0.887. The van der Waals surface area contributed by atoms with Crippen molar-refractivity contribution in [2.24, 2.45) is 0 Å². The Hall–Kier alpha value is -2.40. The molecule has 0 saturated heterocycles. The lowest BCUT2D eigenvalue weighted by molar-refractivity contribution is 0.0697. The van der Waals surface area contributed by atoms with Gasteiger partial charge in [-0.3, -0.25) is 0 Å². The molecule has 21 heavy (non-hydrogen) atoms. The van der Waals surface area contributed by atoms with E-state index in [9.17, 15) is 14.3 Å². The van der Waals surface area contributed by atoms with Gasteiger partial charge in [0, 0.05) is 5.56 Å². The number of ether oxygens (including phenoxy) is 1. The summed E-state index contributed by atoms with van der Waals surface area (Å²) in [4.78, 5) is 10.7. The normalized spacial score (nSPS) is 12.0. The Morgan fingerprint density at radius 3 is 2.48 bits per heavy atom. The van der Waals surface area contributed by atoms with Crippen molar-refractivity contribution in [1.29, 1.82) is 0 Å². The van der Waals surface area contributed by atoms with Gasteiger partial charge in [-0.1, -0.05) is 12.1 Å². The van der Waals surface area contributed by atoms with E-state index in [1.165, 1.54) is 37.3 Å². The second-order valence-corrected chi connectivity index (χ2v) is 4.65. The van der Waals surface area contributed by atoms with E-state index in [1.807, 2.05) is 0 Å². The van der Waals surface area contributed by atoms with E-state index < -0.39 is 17.9 Å². The molecular weight excluding hydrogens is 275 g/mol. The van der Waals surface area contributed by atoms with Gasteiger partial charge >= 0.3 is 5.97 Å². The number of rotatable bonds is 5. The molecule has 2 N–H and O–H groups in total. The summed E-state index contributed by atoms with van der Waals surface area (Å²) in [5, 5.41) is 18.4. The van der Waals surface area contributed by atoms with Crippen LogP contribution in [-0.4, -0.2) is 16.2 Å².